The molecule has 2 heterocycles. The summed E-state index contributed by atoms with van der Waals surface area (Å²) in [4.78, 5) is 26.6. The van der Waals surface area contributed by atoms with Crippen molar-refractivity contribution in [1.82, 2.24) is 24.5 Å². The number of halogens is 1. The Morgan fingerprint density at radius 1 is 1.00 bits per heavy atom. The molecule has 1 amide bonds. The lowest BCUT2D eigenvalue weighted by atomic mass is 10.1. The Kier molecular flexibility index (Phi) is 6.70. The molecule has 7 nitrogen and oxygen atoms in total. The molecule has 2 aromatic carbocycles. The number of carbonyl (C=O) groups excluding carboxylic acids is 1. The number of aryl methyl sites for hydroxylation is 1. The Hall–Kier alpha value is -3.71. The minimum Gasteiger partial charge on any atom is -0.336 e. The maximum Gasteiger partial charge on any atom is 0.274 e. The number of para-hydroxylation sites is 1. The first-order valence-corrected chi connectivity index (χ1v) is 11.1. The van der Waals surface area contributed by atoms with Gasteiger partial charge in [0.25, 0.3) is 11.5 Å². The fourth-order valence-electron chi connectivity index (χ4n) is 3.55. The molecule has 4 aromatic rings. The zero-order valence-corrected chi connectivity index (χ0v) is 19.2. The van der Waals surface area contributed by atoms with Crippen molar-refractivity contribution in [2.75, 3.05) is 7.05 Å². The summed E-state index contributed by atoms with van der Waals surface area (Å²) in [6.45, 7) is 2.74. The third kappa shape index (κ3) is 5.04. The number of amides is 1. The minimum absolute atomic E-state index is 0.217. The van der Waals surface area contributed by atoms with Crippen LogP contribution in [0.25, 0.3) is 16.9 Å². The number of rotatable bonds is 7. The van der Waals surface area contributed by atoms with E-state index in [1.54, 1.807) is 16.6 Å². The van der Waals surface area contributed by atoms with Crippen molar-refractivity contribution in [3.05, 3.63) is 99.6 Å². The summed E-state index contributed by atoms with van der Waals surface area (Å²) >= 11 is 6.07. The van der Waals surface area contributed by atoms with E-state index in [1.807, 2.05) is 67.7 Å². The van der Waals surface area contributed by atoms with Crippen LogP contribution in [0.5, 0.6) is 0 Å². The third-order valence-electron chi connectivity index (χ3n) is 5.20. The van der Waals surface area contributed by atoms with Crippen molar-refractivity contribution in [2.45, 2.75) is 26.4 Å². The molecule has 168 valence electrons. The zero-order valence-electron chi connectivity index (χ0n) is 18.5. The van der Waals surface area contributed by atoms with Gasteiger partial charge in [-0.3, -0.25) is 9.59 Å². The highest BCUT2D eigenvalue weighted by Crippen LogP contribution is 2.26. The van der Waals surface area contributed by atoms with Crippen molar-refractivity contribution < 1.29 is 4.79 Å². The second kappa shape index (κ2) is 9.83. The lowest BCUT2D eigenvalue weighted by Gasteiger charge is -2.17. The summed E-state index contributed by atoms with van der Waals surface area (Å²) in [7, 11) is 1.71. The van der Waals surface area contributed by atoms with Gasteiger partial charge in [-0.15, -0.1) is 0 Å². The van der Waals surface area contributed by atoms with Gasteiger partial charge in [0.05, 0.1) is 11.4 Å². The molecule has 4 rings (SSSR count). The summed E-state index contributed by atoms with van der Waals surface area (Å²) in [6.07, 6.45) is 2.68. The van der Waals surface area contributed by atoms with Crippen LogP contribution >= 0.6 is 11.6 Å². The van der Waals surface area contributed by atoms with Crippen molar-refractivity contribution in [3.8, 4) is 16.9 Å². The fraction of sp³-hybridized carbons (Fsp3) is 0.200. The third-order valence-corrected chi connectivity index (χ3v) is 5.46. The number of aromatic nitrogens is 4. The van der Waals surface area contributed by atoms with Gasteiger partial charge in [0.1, 0.15) is 5.69 Å². The lowest BCUT2D eigenvalue weighted by Crippen LogP contribution is -2.31. The van der Waals surface area contributed by atoms with E-state index in [4.69, 9.17) is 16.7 Å². The normalized spacial score (nSPS) is 10.9. The van der Waals surface area contributed by atoms with Gasteiger partial charge < -0.3 is 4.90 Å². The summed E-state index contributed by atoms with van der Waals surface area (Å²) in [5, 5.41) is 9.68. The molecule has 2 aromatic heterocycles. The first kappa shape index (κ1) is 22.5. The van der Waals surface area contributed by atoms with Crippen LogP contribution in [0.4, 0.5) is 0 Å². The molecular weight excluding hydrogens is 438 g/mol. The number of hydrogen-bond acceptors (Lipinski definition) is 4. The molecule has 0 spiro atoms. The Morgan fingerprint density at radius 2 is 1.73 bits per heavy atom. The van der Waals surface area contributed by atoms with E-state index < -0.39 is 0 Å². The van der Waals surface area contributed by atoms with Crippen LogP contribution in [0.1, 0.15) is 29.4 Å². The first-order valence-electron chi connectivity index (χ1n) is 10.7. The van der Waals surface area contributed by atoms with E-state index >= 15 is 0 Å². The molecule has 33 heavy (non-hydrogen) atoms. The quantitative estimate of drug-likeness (QED) is 0.408. The second-order valence-electron chi connectivity index (χ2n) is 7.73. The molecular formula is C25H24ClN5O2. The zero-order chi connectivity index (χ0) is 23.4. The van der Waals surface area contributed by atoms with E-state index in [0.717, 1.165) is 28.9 Å². The van der Waals surface area contributed by atoms with Gasteiger partial charge in [0.2, 0.25) is 0 Å². The van der Waals surface area contributed by atoms with Crippen LogP contribution in [0, 0.1) is 0 Å². The summed E-state index contributed by atoms with van der Waals surface area (Å²) < 4.78 is 3.13. The van der Waals surface area contributed by atoms with Crippen molar-refractivity contribution in [3.63, 3.8) is 0 Å². The fourth-order valence-corrected chi connectivity index (χ4v) is 3.67. The highest BCUT2D eigenvalue weighted by atomic mass is 35.5. The Labute approximate surface area is 196 Å². The smallest absolute Gasteiger partial charge is 0.274 e. The van der Waals surface area contributed by atoms with E-state index in [1.165, 1.54) is 16.8 Å². The van der Waals surface area contributed by atoms with Crippen molar-refractivity contribution in [2.24, 2.45) is 0 Å². The minimum atomic E-state index is -0.269. The number of carbonyl (C=O) groups is 1. The average Bonchev–Trinajstić information content (AvgIpc) is 3.25. The number of nitrogens with zero attached hydrogens (tertiary/aromatic N) is 5. The van der Waals surface area contributed by atoms with Gasteiger partial charge >= 0.3 is 0 Å². The van der Waals surface area contributed by atoms with Gasteiger partial charge in [-0.2, -0.15) is 10.2 Å². The molecule has 0 fully saturated rings. The molecule has 0 radical (unpaired) electrons. The highest BCUT2D eigenvalue weighted by molar-refractivity contribution is 6.30. The Bertz CT molecular complexity index is 1310. The SMILES string of the molecule is CCCn1nc(C(=O)N(C)Cc2cn(-c3ccccc3)nc2-c2ccc(Cl)cc2)ccc1=O. The molecule has 0 unspecified atom stereocenters. The Balaban J connectivity index is 1.67. The maximum absolute atomic E-state index is 13.1. The van der Waals surface area contributed by atoms with Crippen LogP contribution in [0.15, 0.2) is 77.7 Å². The van der Waals surface area contributed by atoms with Crippen LogP contribution in [0.2, 0.25) is 5.02 Å². The molecule has 0 aliphatic heterocycles. The van der Waals surface area contributed by atoms with Gasteiger partial charge in [-0.1, -0.05) is 48.9 Å². The molecule has 0 atom stereocenters. The Morgan fingerprint density at radius 3 is 2.42 bits per heavy atom. The van der Waals surface area contributed by atoms with Crippen LogP contribution in [0.3, 0.4) is 0 Å². The topological polar surface area (TPSA) is 73.0 Å². The maximum atomic E-state index is 13.1. The second-order valence-corrected chi connectivity index (χ2v) is 8.17. The molecule has 0 bridgehead atoms. The van der Waals surface area contributed by atoms with Gasteiger partial charge in [0, 0.05) is 48.5 Å². The van der Waals surface area contributed by atoms with Crippen molar-refractivity contribution in [1.29, 1.82) is 0 Å². The number of hydrogen-bond donors (Lipinski definition) is 0. The molecule has 0 saturated heterocycles. The molecule has 0 saturated carbocycles. The predicted molar refractivity (Wildman–Crippen MR) is 129 cm³/mol. The standard InChI is InChI=1S/C25H24ClN5O2/c1-3-15-30-23(32)14-13-22(27-30)25(33)29(2)16-19-17-31(21-7-5-4-6-8-21)28-24(19)18-9-11-20(26)12-10-18/h4-14,17H,3,15-16H2,1-2H3. The van der Waals surface area contributed by atoms with Gasteiger partial charge in [-0.25, -0.2) is 9.36 Å². The highest BCUT2D eigenvalue weighted by Gasteiger charge is 2.19. The van der Waals surface area contributed by atoms with E-state index in [9.17, 15) is 9.59 Å². The molecule has 0 N–H and O–H groups in total. The predicted octanol–water partition coefficient (Wildman–Crippen LogP) is 4.43. The molecule has 8 heteroatoms. The first-order chi connectivity index (χ1) is 16.0. The van der Waals surface area contributed by atoms with Crippen LogP contribution < -0.4 is 5.56 Å². The monoisotopic (exact) mass is 461 g/mol. The van der Waals surface area contributed by atoms with Gasteiger partial charge in [-0.05, 0) is 36.8 Å². The summed E-state index contributed by atoms with van der Waals surface area (Å²) in [6, 6.07) is 20.1. The van der Waals surface area contributed by atoms with E-state index in [0.29, 0.717) is 18.1 Å². The average molecular weight is 462 g/mol. The summed E-state index contributed by atoms with van der Waals surface area (Å²) in [5.41, 5.74) is 3.47. The van der Waals surface area contributed by atoms with Crippen LogP contribution in [-0.2, 0) is 13.1 Å². The van der Waals surface area contributed by atoms with E-state index in [-0.39, 0.29) is 17.2 Å². The number of benzene rings is 2. The largest absolute Gasteiger partial charge is 0.336 e. The van der Waals surface area contributed by atoms with Crippen LogP contribution in [-0.4, -0.2) is 37.4 Å². The van der Waals surface area contributed by atoms with Crippen molar-refractivity contribution >= 4 is 17.5 Å². The molecule has 0 aliphatic carbocycles. The summed E-state index contributed by atoms with van der Waals surface area (Å²) in [5.74, 6) is -0.269. The van der Waals surface area contributed by atoms with Gasteiger partial charge in [0.15, 0.2) is 0 Å². The lowest BCUT2D eigenvalue weighted by molar-refractivity contribution is 0.0776. The van der Waals surface area contributed by atoms with E-state index in [2.05, 4.69) is 5.10 Å². The molecule has 0 aliphatic rings.